The fourth-order valence-corrected chi connectivity index (χ4v) is 2.73. The van der Waals surface area contributed by atoms with Crippen LogP contribution in [0.25, 0.3) is 0 Å². The van der Waals surface area contributed by atoms with Crippen molar-refractivity contribution in [3.8, 4) is 5.75 Å². The third-order valence-electron chi connectivity index (χ3n) is 4.07. The van der Waals surface area contributed by atoms with Crippen LogP contribution in [0.15, 0.2) is 24.3 Å². The van der Waals surface area contributed by atoms with E-state index in [2.05, 4.69) is 49.9 Å². The van der Waals surface area contributed by atoms with Gasteiger partial charge in [0.25, 0.3) is 0 Å². The summed E-state index contributed by atoms with van der Waals surface area (Å²) >= 11 is 0. The molecule has 0 unspecified atom stereocenters. The van der Waals surface area contributed by atoms with Gasteiger partial charge in [-0.3, -0.25) is 4.90 Å². The molecule has 0 N–H and O–H groups in total. The molecule has 0 bridgehead atoms. The lowest BCUT2D eigenvalue weighted by Gasteiger charge is -2.30. The second-order valence-corrected chi connectivity index (χ2v) is 5.60. The van der Waals surface area contributed by atoms with Gasteiger partial charge in [-0.15, -0.1) is 0 Å². The van der Waals surface area contributed by atoms with Crippen molar-refractivity contribution in [3.05, 3.63) is 29.8 Å². The summed E-state index contributed by atoms with van der Waals surface area (Å²) in [6, 6.07) is 9.90. The van der Waals surface area contributed by atoms with E-state index < -0.39 is 0 Å². The lowest BCUT2D eigenvalue weighted by molar-refractivity contribution is 0.143. The van der Waals surface area contributed by atoms with Crippen molar-refractivity contribution in [3.63, 3.8) is 0 Å². The lowest BCUT2D eigenvalue weighted by Crippen LogP contribution is -2.39. The summed E-state index contributed by atoms with van der Waals surface area (Å²) in [7, 11) is 0. The first-order valence-corrected chi connectivity index (χ1v) is 7.69. The van der Waals surface area contributed by atoms with Crippen molar-refractivity contribution in [2.24, 2.45) is 0 Å². The van der Waals surface area contributed by atoms with Crippen LogP contribution in [0.2, 0.25) is 0 Å². The highest BCUT2D eigenvalue weighted by Crippen LogP contribution is 2.30. The number of hydrogen-bond acceptors (Lipinski definition) is 2. The Labute approximate surface area is 117 Å². The van der Waals surface area contributed by atoms with Crippen molar-refractivity contribution >= 4 is 0 Å². The van der Waals surface area contributed by atoms with Gasteiger partial charge in [0.05, 0.1) is 0 Å². The van der Waals surface area contributed by atoms with Crippen LogP contribution in [0.5, 0.6) is 5.75 Å². The fraction of sp³-hybridized carbons (Fsp3) is 0.647. The molecule has 2 rings (SSSR count). The SMILES string of the molecule is CCC(CC)N(CCOc1ccc(C)cc1)C1CC1. The molecular weight excluding hydrogens is 234 g/mol. The molecule has 0 aromatic heterocycles. The highest BCUT2D eigenvalue weighted by atomic mass is 16.5. The van der Waals surface area contributed by atoms with Crippen molar-refractivity contribution in [2.75, 3.05) is 13.2 Å². The van der Waals surface area contributed by atoms with E-state index in [-0.39, 0.29) is 0 Å². The molecule has 1 aliphatic carbocycles. The highest BCUT2D eigenvalue weighted by Gasteiger charge is 2.32. The number of ether oxygens (including phenoxy) is 1. The number of aryl methyl sites for hydroxylation is 1. The van der Waals surface area contributed by atoms with Gasteiger partial charge in [-0.25, -0.2) is 0 Å². The molecule has 0 spiro atoms. The quantitative estimate of drug-likeness (QED) is 0.700. The third kappa shape index (κ3) is 4.24. The van der Waals surface area contributed by atoms with Crippen molar-refractivity contribution in [1.29, 1.82) is 0 Å². The first-order valence-electron chi connectivity index (χ1n) is 7.69. The Bertz CT molecular complexity index is 365. The second-order valence-electron chi connectivity index (χ2n) is 5.60. The van der Waals surface area contributed by atoms with E-state index in [9.17, 15) is 0 Å². The van der Waals surface area contributed by atoms with Crippen molar-refractivity contribution in [2.45, 2.75) is 58.5 Å². The third-order valence-corrected chi connectivity index (χ3v) is 4.07. The minimum absolute atomic E-state index is 0.731. The topological polar surface area (TPSA) is 12.5 Å². The van der Waals surface area contributed by atoms with E-state index >= 15 is 0 Å². The summed E-state index contributed by atoms with van der Waals surface area (Å²) in [5.41, 5.74) is 1.28. The molecule has 0 saturated heterocycles. The zero-order valence-corrected chi connectivity index (χ0v) is 12.6. The second kappa shape index (κ2) is 6.95. The fourth-order valence-electron chi connectivity index (χ4n) is 2.73. The molecular formula is C17H27NO. The van der Waals surface area contributed by atoms with Gasteiger partial charge in [0.15, 0.2) is 0 Å². The van der Waals surface area contributed by atoms with Crippen LogP contribution < -0.4 is 4.74 Å². The van der Waals surface area contributed by atoms with Crippen LogP contribution >= 0.6 is 0 Å². The summed E-state index contributed by atoms with van der Waals surface area (Å²) in [6.45, 7) is 8.56. The Balaban J connectivity index is 1.80. The summed E-state index contributed by atoms with van der Waals surface area (Å²) in [5.74, 6) is 0.992. The predicted molar refractivity (Wildman–Crippen MR) is 80.8 cm³/mol. The molecule has 1 saturated carbocycles. The Morgan fingerprint density at radius 1 is 1.16 bits per heavy atom. The van der Waals surface area contributed by atoms with E-state index in [0.717, 1.165) is 31.0 Å². The normalized spacial score (nSPS) is 15.2. The van der Waals surface area contributed by atoms with Crippen LogP contribution in [0.1, 0.15) is 45.1 Å². The molecule has 19 heavy (non-hydrogen) atoms. The number of hydrogen-bond donors (Lipinski definition) is 0. The predicted octanol–water partition coefficient (Wildman–Crippen LogP) is 4.03. The monoisotopic (exact) mass is 261 g/mol. The largest absolute Gasteiger partial charge is 0.492 e. The van der Waals surface area contributed by atoms with Gasteiger partial charge in [0.1, 0.15) is 12.4 Å². The van der Waals surface area contributed by atoms with E-state index in [1.807, 2.05) is 0 Å². The zero-order chi connectivity index (χ0) is 13.7. The molecule has 1 aromatic rings. The molecule has 106 valence electrons. The van der Waals surface area contributed by atoms with E-state index in [0.29, 0.717) is 0 Å². The molecule has 0 radical (unpaired) electrons. The van der Waals surface area contributed by atoms with E-state index in [1.54, 1.807) is 0 Å². The van der Waals surface area contributed by atoms with Gasteiger partial charge in [-0.05, 0) is 44.7 Å². The average Bonchev–Trinajstić information content (AvgIpc) is 3.25. The Morgan fingerprint density at radius 2 is 1.79 bits per heavy atom. The van der Waals surface area contributed by atoms with Crippen LogP contribution in [0, 0.1) is 6.92 Å². The molecule has 1 fully saturated rings. The summed E-state index contributed by atoms with van der Waals surface area (Å²) < 4.78 is 5.87. The minimum atomic E-state index is 0.731. The van der Waals surface area contributed by atoms with Crippen LogP contribution in [0.3, 0.4) is 0 Å². The van der Waals surface area contributed by atoms with E-state index in [4.69, 9.17) is 4.74 Å². The standard InChI is InChI=1S/C17H27NO/c1-4-15(5-2)18(16-8-9-16)12-13-19-17-10-6-14(3)7-11-17/h6-7,10-11,15-16H,4-5,8-9,12-13H2,1-3H3. The van der Waals surface area contributed by atoms with Gasteiger partial charge >= 0.3 is 0 Å². The zero-order valence-electron chi connectivity index (χ0n) is 12.6. The highest BCUT2D eigenvalue weighted by molar-refractivity contribution is 5.26. The van der Waals surface area contributed by atoms with Crippen molar-refractivity contribution in [1.82, 2.24) is 4.90 Å². The molecule has 0 heterocycles. The molecule has 2 nitrogen and oxygen atoms in total. The van der Waals surface area contributed by atoms with Crippen LogP contribution in [-0.2, 0) is 0 Å². The molecule has 0 aliphatic heterocycles. The molecule has 1 aromatic carbocycles. The number of rotatable bonds is 8. The molecule has 2 heteroatoms. The first kappa shape index (κ1) is 14.4. The summed E-state index contributed by atoms with van der Waals surface area (Å²) in [4.78, 5) is 2.66. The lowest BCUT2D eigenvalue weighted by atomic mass is 10.1. The van der Waals surface area contributed by atoms with Gasteiger partial charge in [0.2, 0.25) is 0 Å². The van der Waals surface area contributed by atoms with E-state index in [1.165, 1.54) is 31.2 Å². The molecule has 0 amide bonds. The maximum Gasteiger partial charge on any atom is 0.119 e. The summed E-state index contributed by atoms with van der Waals surface area (Å²) in [5, 5.41) is 0. The number of benzene rings is 1. The Kier molecular flexibility index (Phi) is 5.26. The van der Waals surface area contributed by atoms with Crippen LogP contribution in [0.4, 0.5) is 0 Å². The Hall–Kier alpha value is -1.02. The van der Waals surface area contributed by atoms with Gasteiger partial charge < -0.3 is 4.74 Å². The minimum Gasteiger partial charge on any atom is -0.492 e. The summed E-state index contributed by atoms with van der Waals surface area (Å²) in [6.07, 6.45) is 5.25. The van der Waals surface area contributed by atoms with Gasteiger partial charge in [0, 0.05) is 18.6 Å². The Morgan fingerprint density at radius 3 is 2.32 bits per heavy atom. The average molecular weight is 261 g/mol. The number of nitrogens with zero attached hydrogens (tertiary/aromatic N) is 1. The maximum atomic E-state index is 5.87. The van der Waals surface area contributed by atoms with Crippen LogP contribution in [-0.4, -0.2) is 30.1 Å². The van der Waals surface area contributed by atoms with Gasteiger partial charge in [-0.2, -0.15) is 0 Å². The molecule has 0 atom stereocenters. The van der Waals surface area contributed by atoms with Crippen molar-refractivity contribution < 1.29 is 4.74 Å². The smallest absolute Gasteiger partial charge is 0.119 e. The molecule has 1 aliphatic rings. The maximum absolute atomic E-state index is 5.87. The van der Waals surface area contributed by atoms with Gasteiger partial charge in [-0.1, -0.05) is 31.5 Å². The first-order chi connectivity index (χ1) is 9.24.